The van der Waals surface area contributed by atoms with Gasteiger partial charge in [-0.3, -0.25) is 4.99 Å². The number of hydrogen-bond donors (Lipinski definition) is 2. The molecule has 0 saturated carbocycles. The Bertz CT molecular complexity index is 494. The number of aliphatic imine (C=N–C) groups is 1. The van der Waals surface area contributed by atoms with Gasteiger partial charge in [0.1, 0.15) is 0 Å². The molecule has 1 fully saturated rings. The van der Waals surface area contributed by atoms with Crippen LogP contribution in [0.3, 0.4) is 0 Å². The second-order valence-electron chi connectivity index (χ2n) is 6.64. The van der Waals surface area contributed by atoms with Crippen LogP contribution in [-0.2, 0) is 10.2 Å². The van der Waals surface area contributed by atoms with E-state index in [1.807, 2.05) is 30.1 Å². The van der Waals surface area contributed by atoms with Gasteiger partial charge < -0.3 is 15.4 Å². The summed E-state index contributed by atoms with van der Waals surface area (Å²) in [6.07, 6.45) is 4.39. The fourth-order valence-electron chi connectivity index (χ4n) is 2.72. The maximum Gasteiger partial charge on any atom is 0.191 e. The van der Waals surface area contributed by atoms with Crippen molar-refractivity contribution in [2.75, 3.05) is 39.6 Å². The van der Waals surface area contributed by atoms with Crippen LogP contribution in [0.15, 0.2) is 22.5 Å². The lowest BCUT2D eigenvalue weighted by Gasteiger charge is -2.36. The summed E-state index contributed by atoms with van der Waals surface area (Å²) in [7, 11) is 1.84. The van der Waals surface area contributed by atoms with Gasteiger partial charge in [-0.05, 0) is 30.5 Å². The van der Waals surface area contributed by atoms with Crippen LogP contribution in [0.5, 0.6) is 0 Å². The SMILES string of the molecule is CN=C(NCC1(SC)CCOCC1)NCC(C)(C)c1cccs1. The molecule has 1 aliphatic rings. The highest BCUT2D eigenvalue weighted by Gasteiger charge is 2.32. The fourth-order valence-corrected chi connectivity index (χ4v) is 4.36. The van der Waals surface area contributed by atoms with Gasteiger partial charge in [0.05, 0.1) is 0 Å². The van der Waals surface area contributed by atoms with Crippen LogP contribution in [0.25, 0.3) is 0 Å². The monoisotopic (exact) mass is 355 g/mol. The van der Waals surface area contributed by atoms with Crippen LogP contribution in [0.4, 0.5) is 0 Å². The lowest BCUT2D eigenvalue weighted by Crippen LogP contribution is -2.49. The summed E-state index contributed by atoms with van der Waals surface area (Å²) >= 11 is 3.75. The van der Waals surface area contributed by atoms with E-state index >= 15 is 0 Å². The number of rotatable bonds is 6. The minimum Gasteiger partial charge on any atom is -0.381 e. The van der Waals surface area contributed by atoms with Crippen molar-refractivity contribution in [3.8, 4) is 0 Å². The lowest BCUT2D eigenvalue weighted by molar-refractivity contribution is 0.0783. The quantitative estimate of drug-likeness (QED) is 0.608. The van der Waals surface area contributed by atoms with E-state index in [4.69, 9.17) is 4.74 Å². The number of ether oxygens (including phenoxy) is 1. The van der Waals surface area contributed by atoms with Crippen molar-refractivity contribution < 1.29 is 4.74 Å². The van der Waals surface area contributed by atoms with E-state index in [0.29, 0.717) is 0 Å². The van der Waals surface area contributed by atoms with Gasteiger partial charge in [-0.25, -0.2) is 0 Å². The summed E-state index contributed by atoms with van der Waals surface area (Å²) in [5, 5.41) is 9.14. The van der Waals surface area contributed by atoms with Crippen LogP contribution in [0, 0.1) is 0 Å². The molecule has 0 atom stereocenters. The van der Waals surface area contributed by atoms with Gasteiger partial charge in [-0.15, -0.1) is 11.3 Å². The van der Waals surface area contributed by atoms with Crippen molar-refractivity contribution in [1.82, 2.24) is 10.6 Å². The molecule has 2 N–H and O–H groups in total. The average Bonchev–Trinajstić information content (AvgIpc) is 3.11. The summed E-state index contributed by atoms with van der Waals surface area (Å²) in [4.78, 5) is 5.77. The molecule has 0 unspecified atom stereocenters. The number of nitrogens with zero attached hydrogens (tertiary/aromatic N) is 1. The zero-order chi connectivity index (χ0) is 16.8. The standard InChI is InChI=1S/C17H29N3OS2/c1-16(2,14-6-5-11-23-14)12-19-15(18-3)20-13-17(22-4)7-9-21-10-8-17/h5-6,11H,7-10,12-13H2,1-4H3,(H2,18,19,20). The molecule has 0 spiro atoms. The summed E-state index contributed by atoms with van der Waals surface area (Å²) in [5.74, 6) is 0.884. The van der Waals surface area contributed by atoms with Crippen LogP contribution >= 0.6 is 23.1 Å². The number of thioether (sulfide) groups is 1. The smallest absolute Gasteiger partial charge is 0.191 e. The van der Waals surface area contributed by atoms with Crippen molar-refractivity contribution in [2.45, 2.75) is 36.9 Å². The first-order chi connectivity index (χ1) is 11.0. The highest BCUT2D eigenvalue weighted by molar-refractivity contribution is 8.00. The molecule has 23 heavy (non-hydrogen) atoms. The molecular formula is C17H29N3OS2. The minimum absolute atomic E-state index is 0.0989. The first-order valence-electron chi connectivity index (χ1n) is 8.13. The normalized spacial score (nSPS) is 18.7. The predicted molar refractivity (Wildman–Crippen MR) is 103 cm³/mol. The van der Waals surface area contributed by atoms with Gasteiger partial charge in [0.2, 0.25) is 0 Å². The molecule has 1 aromatic rings. The maximum absolute atomic E-state index is 5.51. The number of hydrogen-bond acceptors (Lipinski definition) is 4. The first kappa shape index (κ1) is 18.6. The van der Waals surface area contributed by atoms with Crippen molar-refractivity contribution in [2.24, 2.45) is 4.99 Å². The van der Waals surface area contributed by atoms with E-state index in [1.165, 1.54) is 4.88 Å². The molecule has 0 bridgehead atoms. The third kappa shape index (κ3) is 5.13. The van der Waals surface area contributed by atoms with Crippen LogP contribution < -0.4 is 10.6 Å². The molecule has 2 heterocycles. The topological polar surface area (TPSA) is 45.7 Å². The van der Waals surface area contributed by atoms with E-state index in [1.54, 1.807) is 0 Å². The van der Waals surface area contributed by atoms with Crippen LogP contribution in [0.2, 0.25) is 0 Å². The Labute approximate surface area is 148 Å². The van der Waals surface area contributed by atoms with Gasteiger partial charge in [0.15, 0.2) is 5.96 Å². The van der Waals surface area contributed by atoms with Crippen molar-refractivity contribution in [3.63, 3.8) is 0 Å². The van der Waals surface area contributed by atoms with Gasteiger partial charge in [0.25, 0.3) is 0 Å². The molecule has 0 aromatic carbocycles. The van der Waals surface area contributed by atoms with Crippen molar-refractivity contribution >= 4 is 29.1 Å². The molecule has 1 aliphatic heterocycles. The van der Waals surface area contributed by atoms with Gasteiger partial charge >= 0.3 is 0 Å². The zero-order valence-corrected chi connectivity index (χ0v) is 16.3. The minimum atomic E-state index is 0.0989. The molecule has 0 aliphatic carbocycles. The van der Waals surface area contributed by atoms with Gasteiger partial charge in [-0.2, -0.15) is 11.8 Å². The largest absolute Gasteiger partial charge is 0.381 e. The number of thiophene rings is 1. The second kappa shape index (κ2) is 8.40. The number of guanidine groups is 1. The average molecular weight is 356 g/mol. The lowest BCUT2D eigenvalue weighted by atomic mass is 9.91. The molecule has 1 aromatic heterocycles. The molecule has 6 heteroatoms. The Kier molecular flexibility index (Phi) is 6.80. The summed E-state index contributed by atoms with van der Waals surface area (Å²) in [6.45, 7) is 8.04. The Morgan fingerprint density at radius 2 is 2.13 bits per heavy atom. The van der Waals surface area contributed by atoms with E-state index in [9.17, 15) is 0 Å². The third-order valence-corrected chi connectivity index (χ3v) is 7.18. The number of nitrogens with one attached hydrogen (secondary N) is 2. The zero-order valence-electron chi connectivity index (χ0n) is 14.6. The Morgan fingerprint density at radius 1 is 1.39 bits per heavy atom. The third-order valence-electron chi connectivity index (χ3n) is 4.52. The van der Waals surface area contributed by atoms with Crippen molar-refractivity contribution in [3.05, 3.63) is 22.4 Å². The summed E-state index contributed by atoms with van der Waals surface area (Å²) in [5.41, 5.74) is 0.0989. The predicted octanol–water partition coefficient (Wildman–Crippen LogP) is 3.10. The molecule has 0 amide bonds. The van der Waals surface area contributed by atoms with Crippen molar-refractivity contribution in [1.29, 1.82) is 0 Å². The summed E-state index contributed by atoms with van der Waals surface area (Å²) in [6, 6.07) is 4.31. The van der Waals surface area contributed by atoms with Crippen LogP contribution in [-0.4, -0.2) is 50.3 Å². The second-order valence-corrected chi connectivity index (χ2v) is 8.86. The molecule has 4 nitrogen and oxygen atoms in total. The molecule has 1 saturated heterocycles. The van der Waals surface area contributed by atoms with E-state index < -0.39 is 0 Å². The molecule has 0 radical (unpaired) electrons. The van der Waals surface area contributed by atoms with Gasteiger partial charge in [0, 0.05) is 48.4 Å². The van der Waals surface area contributed by atoms with Crippen LogP contribution in [0.1, 0.15) is 31.6 Å². The van der Waals surface area contributed by atoms with Gasteiger partial charge in [-0.1, -0.05) is 19.9 Å². The Balaban J connectivity index is 1.86. The fraction of sp³-hybridized carbons (Fsp3) is 0.706. The highest BCUT2D eigenvalue weighted by atomic mass is 32.2. The molecular weight excluding hydrogens is 326 g/mol. The Morgan fingerprint density at radius 3 is 2.70 bits per heavy atom. The van der Waals surface area contributed by atoms with E-state index in [0.717, 1.165) is 45.1 Å². The summed E-state index contributed by atoms with van der Waals surface area (Å²) < 4.78 is 5.77. The molecule has 2 rings (SSSR count). The molecule has 130 valence electrons. The Hall–Kier alpha value is -0.720. The van der Waals surface area contributed by atoms with E-state index in [2.05, 4.69) is 53.2 Å². The maximum atomic E-state index is 5.51. The highest BCUT2D eigenvalue weighted by Crippen LogP contribution is 2.33. The first-order valence-corrected chi connectivity index (χ1v) is 10.2. The van der Waals surface area contributed by atoms with E-state index in [-0.39, 0.29) is 10.2 Å².